The summed E-state index contributed by atoms with van der Waals surface area (Å²) >= 11 is 7.36. The molecule has 0 bridgehead atoms. The molecule has 0 N–H and O–H groups in total. The average Bonchev–Trinajstić information content (AvgIpc) is 2.60. The lowest BCUT2D eigenvalue weighted by Gasteiger charge is -2.37. The Bertz CT molecular complexity index is 412. The van der Waals surface area contributed by atoms with Gasteiger partial charge in [-0.1, -0.05) is 52.6 Å². The van der Waals surface area contributed by atoms with Crippen LogP contribution in [0.3, 0.4) is 0 Å². The summed E-state index contributed by atoms with van der Waals surface area (Å²) in [6.07, 6.45) is -4.46. The van der Waals surface area contributed by atoms with Gasteiger partial charge in [-0.25, -0.2) is 5.10 Å². The van der Waals surface area contributed by atoms with Crippen LogP contribution in [-0.2, 0) is 6.18 Å². The zero-order chi connectivity index (χ0) is 14.2. The number of aromatic nitrogens is 2. The summed E-state index contributed by atoms with van der Waals surface area (Å²) < 4.78 is 36.4. The summed E-state index contributed by atoms with van der Waals surface area (Å²) in [5.74, 6) is 0. The van der Waals surface area contributed by atoms with Crippen molar-refractivity contribution in [2.75, 3.05) is 6.54 Å². The van der Waals surface area contributed by atoms with Crippen LogP contribution < -0.4 is 0 Å². The maximum Gasteiger partial charge on any atom is 0.443 e. The Kier molecular flexibility index (Phi) is 4.71. The fourth-order valence-electron chi connectivity index (χ4n) is 0.798. The number of hydrogen-bond donors (Lipinski definition) is 0. The van der Waals surface area contributed by atoms with Crippen molar-refractivity contribution in [2.45, 2.75) is 30.2 Å². The number of halogens is 5. The van der Waals surface area contributed by atoms with Gasteiger partial charge in [0.1, 0.15) is 0 Å². The van der Waals surface area contributed by atoms with Crippen LogP contribution in [0.2, 0.25) is 0 Å². The molecule has 0 amide bonds. The third-order valence-corrected chi connectivity index (χ3v) is 5.95. The Morgan fingerprint density at radius 2 is 1.72 bits per heavy atom. The van der Waals surface area contributed by atoms with E-state index < -0.39 is 14.4 Å². The first kappa shape index (κ1) is 16.2. The van der Waals surface area contributed by atoms with Crippen LogP contribution in [0.15, 0.2) is 0 Å². The molecule has 0 aliphatic rings. The van der Waals surface area contributed by atoms with Crippen molar-refractivity contribution in [2.24, 2.45) is 5.41 Å². The van der Waals surface area contributed by atoms with Crippen molar-refractivity contribution in [1.29, 1.82) is 0 Å². The van der Waals surface area contributed by atoms with Gasteiger partial charge in [-0.05, 0) is 12.0 Å². The van der Waals surface area contributed by atoms with E-state index in [-0.39, 0.29) is 17.1 Å². The minimum absolute atomic E-state index is 0.0230. The van der Waals surface area contributed by atoms with Crippen molar-refractivity contribution in [3.05, 3.63) is 10.3 Å². The molecule has 1 rings (SSSR count). The normalized spacial score (nSPS) is 13.8. The number of nitrogens with zero attached hydrogens (tertiary/aromatic N) is 3. The summed E-state index contributed by atoms with van der Waals surface area (Å²) in [6.45, 7) is 6.19. The Morgan fingerprint density at radius 3 is 2.11 bits per heavy atom. The number of alkyl halides is 5. The highest BCUT2D eigenvalue weighted by Gasteiger charge is 2.36. The molecule has 0 radical (unpaired) electrons. The van der Waals surface area contributed by atoms with Gasteiger partial charge in [0.25, 0.3) is 0 Å². The van der Waals surface area contributed by atoms with Gasteiger partial charge in [0, 0.05) is 5.13 Å². The van der Waals surface area contributed by atoms with Gasteiger partial charge < -0.3 is 10.4 Å². The molecule has 1 heterocycles. The Morgan fingerprint density at radius 1 is 1.17 bits per heavy atom. The quantitative estimate of drug-likeness (QED) is 0.652. The molecule has 104 valence electrons. The van der Waals surface area contributed by atoms with Crippen LogP contribution in [0.25, 0.3) is 5.32 Å². The lowest BCUT2D eigenvalue weighted by molar-refractivity contribution is -0.138. The average molecular weight is 410 g/mol. The maximum atomic E-state index is 12.3. The smallest absolute Gasteiger partial charge is 0.443 e. The summed E-state index contributed by atoms with van der Waals surface area (Å²) in [4.78, 5) is 0. The van der Waals surface area contributed by atoms with Crippen molar-refractivity contribution >= 4 is 48.3 Å². The van der Waals surface area contributed by atoms with E-state index in [0.717, 1.165) is 0 Å². The van der Waals surface area contributed by atoms with E-state index in [4.69, 9.17) is 0 Å². The molecular weight excluding hydrogens is 399 g/mol. The van der Waals surface area contributed by atoms with E-state index >= 15 is 0 Å². The topological polar surface area (TPSA) is 39.9 Å². The highest BCUT2D eigenvalue weighted by atomic mass is 79.9. The zero-order valence-electron chi connectivity index (χ0n) is 9.85. The Hall–Kier alpha value is 0.110. The second kappa shape index (κ2) is 5.24. The summed E-state index contributed by atoms with van der Waals surface area (Å²) in [6, 6.07) is 0. The van der Waals surface area contributed by atoms with Crippen LogP contribution >= 0.6 is 43.2 Å². The first-order valence-electron chi connectivity index (χ1n) is 4.89. The Labute approximate surface area is 124 Å². The van der Waals surface area contributed by atoms with E-state index in [2.05, 4.69) is 47.4 Å². The van der Waals surface area contributed by atoms with Crippen molar-refractivity contribution in [3.63, 3.8) is 0 Å². The van der Waals surface area contributed by atoms with E-state index in [1.54, 1.807) is 0 Å². The fourth-order valence-corrected chi connectivity index (χ4v) is 1.63. The van der Waals surface area contributed by atoms with Crippen LogP contribution in [0.4, 0.5) is 18.3 Å². The standard InChI is InChI=1S/C9H11Br2F3N3S/c1-7(2,3)8(10,11)4-15-6-17-16-5(18-6)9(12,13)14/h4H2,1-3H3/q-1. The predicted octanol–water partition coefficient (Wildman–Crippen LogP) is 5.09. The van der Waals surface area contributed by atoms with Crippen molar-refractivity contribution in [1.82, 2.24) is 10.2 Å². The highest BCUT2D eigenvalue weighted by molar-refractivity contribution is 9.25. The van der Waals surface area contributed by atoms with Gasteiger partial charge in [-0.15, -0.1) is 11.3 Å². The fraction of sp³-hybridized carbons (Fsp3) is 0.778. The third kappa shape index (κ3) is 4.06. The van der Waals surface area contributed by atoms with Crippen LogP contribution in [-0.4, -0.2) is 20.0 Å². The molecule has 0 aliphatic heterocycles. The maximum absolute atomic E-state index is 12.3. The van der Waals surface area contributed by atoms with Crippen LogP contribution in [0.5, 0.6) is 0 Å². The Balaban J connectivity index is 2.68. The largest absolute Gasteiger partial charge is 0.454 e. The molecule has 1 aromatic heterocycles. The molecule has 0 unspecified atom stereocenters. The van der Waals surface area contributed by atoms with Gasteiger partial charge in [-0.2, -0.15) is 13.2 Å². The zero-order valence-corrected chi connectivity index (χ0v) is 13.8. The molecule has 0 fully saturated rings. The highest BCUT2D eigenvalue weighted by Crippen LogP contribution is 2.46. The summed E-state index contributed by atoms with van der Waals surface area (Å²) in [5, 5.41) is 9.55. The molecule has 18 heavy (non-hydrogen) atoms. The van der Waals surface area contributed by atoms with Crippen molar-refractivity contribution < 1.29 is 13.2 Å². The molecule has 0 spiro atoms. The predicted molar refractivity (Wildman–Crippen MR) is 72.8 cm³/mol. The van der Waals surface area contributed by atoms with Gasteiger partial charge in [0.15, 0.2) is 5.01 Å². The summed E-state index contributed by atoms with van der Waals surface area (Å²) in [5.41, 5.74) is -0.159. The van der Waals surface area contributed by atoms with Crippen molar-refractivity contribution in [3.8, 4) is 0 Å². The summed E-state index contributed by atoms with van der Waals surface area (Å²) in [7, 11) is 0. The van der Waals surface area contributed by atoms with Crippen LogP contribution in [0, 0.1) is 5.41 Å². The lowest BCUT2D eigenvalue weighted by atomic mass is 9.92. The molecule has 3 nitrogen and oxygen atoms in total. The molecule has 1 aromatic rings. The lowest BCUT2D eigenvalue weighted by Crippen LogP contribution is -2.33. The monoisotopic (exact) mass is 408 g/mol. The van der Waals surface area contributed by atoms with E-state index in [0.29, 0.717) is 11.3 Å². The molecule has 0 saturated carbocycles. The number of hydrogen-bond acceptors (Lipinski definition) is 3. The molecule has 0 atom stereocenters. The molecule has 0 saturated heterocycles. The van der Waals surface area contributed by atoms with E-state index in [1.165, 1.54) is 0 Å². The first-order valence-corrected chi connectivity index (χ1v) is 7.30. The second-order valence-corrected chi connectivity index (χ2v) is 9.39. The van der Waals surface area contributed by atoms with Gasteiger partial charge in [0.05, 0.1) is 3.23 Å². The minimum Gasteiger partial charge on any atom is -0.454 e. The van der Waals surface area contributed by atoms with E-state index in [9.17, 15) is 13.2 Å². The molecule has 0 aromatic carbocycles. The minimum atomic E-state index is -4.46. The van der Waals surface area contributed by atoms with Gasteiger partial charge in [-0.3, -0.25) is 0 Å². The van der Waals surface area contributed by atoms with Gasteiger partial charge >= 0.3 is 6.18 Å². The SMILES string of the molecule is CC(C)(C)C(Br)(Br)C[N-]c1nnc(C(F)(F)F)s1. The van der Waals surface area contributed by atoms with E-state index in [1.807, 2.05) is 20.8 Å². The molecule has 9 heteroatoms. The molecule has 0 aliphatic carbocycles. The second-order valence-electron chi connectivity index (χ2n) is 4.66. The third-order valence-electron chi connectivity index (χ3n) is 2.17. The number of rotatable bonds is 3. The molecular formula is C9H11Br2F3N3S-. The van der Waals surface area contributed by atoms with Gasteiger partial charge in [0.2, 0.25) is 0 Å². The van der Waals surface area contributed by atoms with Crippen LogP contribution in [0.1, 0.15) is 25.8 Å². The first-order chi connectivity index (χ1) is 7.93.